The van der Waals surface area contributed by atoms with E-state index in [-0.39, 0.29) is 5.82 Å². The fourth-order valence-corrected chi connectivity index (χ4v) is 2.02. The summed E-state index contributed by atoms with van der Waals surface area (Å²) >= 11 is 0. The molecule has 1 fully saturated rings. The lowest BCUT2D eigenvalue weighted by Crippen LogP contribution is -2.18. The van der Waals surface area contributed by atoms with Crippen molar-refractivity contribution in [3.8, 4) is 5.69 Å². The Bertz CT molecular complexity index is 558. The Hall–Kier alpha value is -1.68. The first-order valence-corrected chi connectivity index (χ1v) is 6.27. The minimum Gasteiger partial charge on any atom is -0.310 e. The highest BCUT2D eigenvalue weighted by molar-refractivity contribution is 5.41. The summed E-state index contributed by atoms with van der Waals surface area (Å²) in [5, 5.41) is 7.70. The van der Waals surface area contributed by atoms with Crippen LogP contribution in [0.1, 0.15) is 24.1 Å². The van der Waals surface area contributed by atoms with Gasteiger partial charge in [-0.05, 0) is 38.0 Å². The van der Waals surface area contributed by atoms with Crippen LogP contribution in [0.3, 0.4) is 0 Å². The van der Waals surface area contributed by atoms with Crippen molar-refractivity contribution in [1.82, 2.24) is 15.1 Å². The number of hydrogen-bond donors (Lipinski definition) is 1. The molecule has 0 amide bonds. The predicted molar refractivity (Wildman–Crippen MR) is 68.1 cm³/mol. The Morgan fingerprint density at radius 3 is 2.89 bits per heavy atom. The quantitative estimate of drug-likeness (QED) is 0.897. The Balaban J connectivity index is 1.93. The molecule has 1 heterocycles. The van der Waals surface area contributed by atoms with Crippen LogP contribution >= 0.6 is 0 Å². The molecule has 94 valence electrons. The molecular weight excluding hydrogens is 229 g/mol. The van der Waals surface area contributed by atoms with E-state index in [0.29, 0.717) is 18.2 Å². The number of aromatic nitrogens is 2. The van der Waals surface area contributed by atoms with Crippen molar-refractivity contribution in [2.75, 3.05) is 0 Å². The fourth-order valence-electron chi connectivity index (χ4n) is 2.02. The summed E-state index contributed by atoms with van der Waals surface area (Å²) in [6, 6.07) is 7.62. The van der Waals surface area contributed by atoms with Gasteiger partial charge in [0, 0.05) is 24.3 Å². The van der Waals surface area contributed by atoms with Crippen molar-refractivity contribution in [1.29, 1.82) is 0 Å². The summed E-state index contributed by atoms with van der Waals surface area (Å²) in [6.07, 6.45) is 4.26. The number of nitrogens with zero attached hydrogens (tertiary/aromatic N) is 2. The minimum absolute atomic E-state index is 0.172. The highest BCUT2D eigenvalue weighted by Crippen LogP contribution is 2.22. The van der Waals surface area contributed by atoms with E-state index in [1.807, 2.05) is 25.3 Å². The summed E-state index contributed by atoms with van der Waals surface area (Å²) in [5.74, 6) is -0.172. The molecule has 18 heavy (non-hydrogen) atoms. The first-order chi connectivity index (χ1) is 8.74. The second kappa shape index (κ2) is 4.53. The van der Waals surface area contributed by atoms with Gasteiger partial charge in [0.15, 0.2) is 0 Å². The smallest absolute Gasteiger partial charge is 0.129 e. The van der Waals surface area contributed by atoms with Crippen molar-refractivity contribution in [2.24, 2.45) is 0 Å². The lowest BCUT2D eigenvalue weighted by molar-refractivity contribution is 0.582. The van der Waals surface area contributed by atoms with E-state index in [4.69, 9.17) is 0 Å². The van der Waals surface area contributed by atoms with E-state index < -0.39 is 0 Å². The SMILES string of the molecule is Cc1ccn(-c2cccc(F)c2CNC2CC2)n1. The molecule has 1 aromatic carbocycles. The van der Waals surface area contributed by atoms with E-state index in [1.54, 1.807) is 10.7 Å². The third-order valence-electron chi connectivity index (χ3n) is 3.21. The van der Waals surface area contributed by atoms with Crippen LogP contribution in [-0.4, -0.2) is 15.8 Å². The van der Waals surface area contributed by atoms with Gasteiger partial charge in [-0.15, -0.1) is 0 Å². The van der Waals surface area contributed by atoms with Gasteiger partial charge in [-0.2, -0.15) is 5.10 Å². The summed E-state index contributed by atoms with van der Waals surface area (Å²) < 4.78 is 15.7. The van der Waals surface area contributed by atoms with Crippen LogP contribution in [-0.2, 0) is 6.54 Å². The van der Waals surface area contributed by atoms with Crippen LogP contribution in [0.4, 0.5) is 4.39 Å². The first-order valence-electron chi connectivity index (χ1n) is 6.27. The molecule has 1 aliphatic rings. The van der Waals surface area contributed by atoms with E-state index in [2.05, 4.69) is 10.4 Å². The topological polar surface area (TPSA) is 29.9 Å². The molecule has 0 saturated heterocycles. The lowest BCUT2D eigenvalue weighted by Gasteiger charge is -2.11. The predicted octanol–water partition coefficient (Wildman–Crippen LogP) is 2.57. The van der Waals surface area contributed by atoms with Gasteiger partial charge < -0.3 is 5.32 Å². The summed E-state index contributed by atoms with van der Waals surface area (Å²) in [6.45, 7) is 2.49. The average Bonchev–Trinajstić information content (AvgIpc) is 3.08. The summed E-state index contributed by atoms with van der Waals surface area (Å²) in [7, 11) is 0. The number of halogens is 1. The van der Waals surface area contributed by atoms with Crippen molar-refractivity contribution in [2.45, 2.75) is 32.4 Å². The molecule has 0 aliphatic heterocycles. The molecule has 1 aromatic heterocycles. The molecule has 1 N–H and O–H groups in total. The van der Waals surface area contributed by atoms with Crippen LogP contribution in [0.25, 0.3) is 5.69 Å². The average molecular weight is 245 g/mol. The summed E-state index contributed by atoms with van der Waals surface area (Å²) in [4.78, 5) is 0. The molecule has 1 saturated carbocycles. The zero-order valence-electron chi connectivity index (χ0n) is 10.4. The van der Waals surface area contributed by atoms with Crippen molar-refractivity contribution in [3.63, 3.8) is 0 Å². The number of aryl methyl sites for hydroxylation is 1. The van der Waals surface area contributed by atoms with Gasteiger partial charge in [0.05, 0.1) is 11.4 Å². The van der Waals surface area contributed by atoms with Gasteiger partial charge in [0.2, 0.25) is 0 Å². The van der Waals surface area contributed by atoms with E-state index in [9.17, 15) is 4.39 Å². The van der Waals surface area contributed by atoms with Gasteiger partial charge >= 0.3 is 0 Å². The number of benzene rings is 1. The van der Waals surface area contributed by atoms with Gasteiger partial charge in [0.1, 0.15) is 5.82 Å². The largest absolute Gasteiger partial charge is 0.310 e. The zero-order valence-corrected chi connectivity index (χ0v) is 10.4. The maximum atomic E-state index is 13.9. The number of rotatable bonds is 4. The molecule has 0 unspecified atom stereocenters. The Kier molecular flexibility index (Phi) is 2.88. The molecular formula is C14H16FN3. The maximum Gasteiger partial charge on any atom is 0.129 e. The first kappa shape index (κ1) is 11.4. The highest BCUT2D eigenvalue weighted by Gasteiger charge is 2.21. The third kappa shape index (κ3) is 2.29. The molecule has 0 radical (unpaired) electrons. The normalized spacial score (nSPS) is 15.0. The second-order valence-corrected chi connectivity index (χ2v) is 4.79. The Morgan fingerprint density at radius 1 is 1.39 bits per heavy atom. The van der Waals surface area contributed by atoms with Crippen LogP contribution < -0.4 is 5.32 Å². The lowest BCUT2D eigenvalue weighted by atomic mass is 10.1. The van der Waals surface area contributed by atoms with Crippen LogP contribution in [0.15, 0.2) is 30.5 Å². The monoisotopic (exact) mass is 245 g/mol. The third-order valence-corrected chi connectivity index (χ3v) is 3.21. The standard InChI is InChI=1S/C14H16FN3/c1-10-7-8-18(17-10)14-4-2-3-13(15)12(14)9-16-11-5-6-11/h2-4,7-8,11,16H,5-6,9H2,1H3. The molecule has 3 nitrogen and oxygen atoms in total. The van der Waals surface area contributed by atoms with Crippen molar-refractivity contribution < 1.29 is 4.39 Å². The second-order valence-electron chi connectivity index (χ2n) is 4.79. The van der Waals surface area contributed by atoms with Crippen LogP contribution in [0.2, 0.25) is 0 Å². The zero-order chi connectivity index (χ0) is 12.5. The Morgan fingerprint density at radius 2 is 2.22 bits per heavy atom. The van der Waals surface area contributed by atoms with E-state index in [1.165, 1.54) is 18.9 Å². The van der Waals surface area contributed by atoms with Crippen molar-refractivity contribution in [3.05, 3.63) is 47.5 Å². The molecule has 0 atom stereocenters. The molecule has 0 spiro atoms. The minimum atomic E-state index is -0.172. The number of hydrogen-bond acceptors (Lipinski definition) is 2. The van der Waals surface area contributed by atoms with Crippen LogP contribution in [0.5, 0.6) is 0 Å². The Labute approximate surface area is 106 Å². The highest BCUT2D eigenvalue weighted by atomic mass is 19.1. The van der Waals surface area contributed by atoms with Gasteiger partial charge in [-0.1, -0.05) is 6.07 Å². The number of nitrogens with one attached hydrogen (secondary N) is 1. The fraction of sp³-hybridized carbons (Fsp3) is 0.357. The van der Waals surface area contributed by atoms with Crippen molar-refractivity contribution >= 4 is 0 Å². The molecule has 1 aliphatic carbocycles. The molecule has 4 heteroatoms. The van der Waals surface area contributed by atoms with Gasteiger partial charge in [-0.3, -0.25) is 0 Å². The van der Waals surface area contributed by atoms with Gasteiger partial charge in [0.25, 0.3) is 0 Å². The molecule has 2 aromatic rings. The molecule has 0 bridgehead atoms. The maximum absolute atomic E-state index is 13.9. The van der Waals surface area contributed by atoms with E-state index >= 15 is 0 Å². The molecule has 3 rings (SSSR count). The van der Waals surface area contributed by atoms with E-state index in [0.717, 1.165) is 11.4 Å². The van der Waals surface area contributed by atoms with Crippen LogP contribution in [0, 0.1) is 12.7 Å². The summed E-state index contributed by atoms with van der Waals surface area (Å²) in [5.41, 5.74) is 2.43. The van der Waals surface area contributed by atoms with Gasteiger partial charge in [-0.25, -0.2) is 9.07 Å².